The Balaban J connectivity index is 2.72. The van der Waals surface area contributed by atoms with E-state index >= 15 is 0 Å². The molecule has 1 heterocycles. The molecule has 1 saturated heterocycles. The highest BCUT2D eigenvalue weighted by Gasteiger charge is 2.48. The fourth-order valence-corrected chi connectivity index (χ4v) is 3.68. The van der Waals surface area contributed by atoms with E-state index in [1.54, 1.807) is 0 Å². The molecule has 4 nitrogen and oxygen atoms in total. The Kier molecular flexibility index (Phi) is 4.86. The van der Waals surface area contributed by atoms with Crippen LogP contribution in [0.15, 0.2) is 0 Å². The molecule has 1 amide bonds. The van der Waals surface area contributed by atoms with Crippen LogP contribution in [-0.2, 0) is 9.22 Å². The second kappa shape index (κ2) is 5.54. The van der Waals surface area contributed by atoms with Crippen molar-refractivity contribution in [2.24, 2.45) is 11.8 Å². The van der Waals surface area contributed by atoms with Gasteiger partial charge >= 0.3 is 0 Å². The van der Waals surface area contributed by atoms with E-state index in [1.165, 1.54) is 0 Å². The van der Waals surface area contributed by atoms with Crippen molar-refractivity contribution in [3.05, 3.63) is 0 Å². The van der Waals surface area contributed by atoms with Gasteiger partial charge in [0.25, 0.3) is 0 Å². The predicted molar refractivity (Wildman–Crippen MR) is 79.4 cm³/mol. The second-order valence-corrected chi connectivity index (χ2v) is 12.1. The van der Waals surface area contributed by atoms with Gasteiger partial charge in [0, 0.05) is 18.6 Å². The van der Waals surface area contributed by atoms with Crippen LogP contribution in [0.25, 0.3) is 0 Å². The van der Waals surface area contributed by atoms with Gasteiger partial charge in [0.1, 0.15) is 0 Å². The zero-order valence-corrected chi connectivity index (χ0v) is 14.3. The average molecular weight is 287 g/mol. The van der Waals surface area contributed by atoms with Gasteiger partial charge in [-0.2, -0.15) is 0 Å². The summed E-state index contributed by atoms with van der Waals surface area (Å²) in [4.78, 5) is 11.8. The SMILES string of the molecule is CC(CO)[C@H]1NC(=O)[C@@H]1C(C)O[Si](C)(C)C(C)(C)C. The minimum absolute atomic E-state index is 0.0391. The van der Waals surface area contributed by atoms with Crippen LogP contribution in [0.2, 0.25) is 18.1 Å². The predicted octanol–water partition coefficient (Wildman–Crippen LogP) is 2.14. The lowest BCUT2D eigenvalue weighted by molar-refractivity contribution is -0.142. The van der Waals surface area contributed by atoms with Crippen molar-refractivity contribution < 1.29 is 14.3 Å². The quantitative estimate of drug-likeness (QED) is 0.601. The zero-order valence-electron chi connectivity index (χ0n) is 13.3. The number of hydrogen-bond donors (Lipinski definition) is 2. The maximum absolute atomic E-state index is 11.8. The zero-order chi connectivity index (χ0) is 15.0. The number of β-lactam (4-membered cyclic amide) rings is 1. The Hall–Kier alpha value is -0.393. The maximum Gasteiger partial charge on any atom is 0.228 e. The largest absolute Gasteiger partial charge is 0.413 e. The van der Waals surface area contributed by atoms with Gasteiger partial charge in [-0.25, -0.2) is 0 Å². The second-order valence-electron chi connectivity index (χ2n) is 7.30. The summed E-state index contributed by atoms with van der Waals surface area (Å²) in [7, 11) is -1.86. The van der Waals surface area contributed by atoms with Crippen LogP contribution in [0.1, 0.15) is 34.6 Å². The summed E-state index contributed by atoms with van der Waals surface area (Å²) in [5.74, 6) is 0.000879. The van der Waals surface area contributed by atoms with Crippen molar-refractivity contribution in [1.29, 1.82) is 0 Å². The molecular formula is C14H29NO3Si. The average Bonchev–Trinajstić information content (AvgIpc) is 2.22. The van der Waals surface area contributed by atoms with Gasteiger partial charge < -0.3 is 14.8 Å². The van der Waals surface area contributed by atoms with Crippen molar-refractivity contribution in [2.45, 2.75) is 64.9 Å². The van der Waals surface area contributed by atoms with Crippen LogP contribution in [0.4, 0.5) is 0 Å². The Bertz CT molecular complexity index is 338. The third-order valence-corrected chi connectivity index (χ3v) is 9.27. The van der Waals surface area contributed by atoms with Crippen molar-refractivity contribution in [1.82, 2.24) is 5.32 Å². The van der Waals surface area contributed by atoms with E-state index < -0.39 is 8.32 Å². The number of nitrogens with one attached hydrogen (secondary N) is 1. The van der Waals surface area contributed by atoms with E-state index in [0.29, 0.717) is 0 Å². The molecule has 0 radical (unpaired) electrons. The van der Waals surface area contributed by atoms with Gasteiger partial charge in [0.15, 0.2) is 8.32 Å². The first-order chi connectivity index (χ1) is 8.51. The van der Waals surface area contributed by atoms with Crippen LogP contribution in [0.3, 0.4) is 0 Å². The van der Waals surface area contributed by atoms with E-state index in [1.807, 2.05) is 13.8 Å². The molecule has 1 fully saturated rings. The summed E-state index contributed by atoms with van der Waals surface area (Å²) in [5, 5.41) is 12.3. The van der Waals surface area contributed by atoms with Gasteiger partial charge in [-0.3, -0.25) is 4.79 Å². The molecule has 2 N–H and O–H groups in total. The molecule has 1 aliphatic rings. The molecule has 1 rings (SSSR count). The molecule has 4 atom stereocenters. The highest BCUT2D eigenvalue weighted by atomic mass is 28.4. The fraction of sp³-hybridized carbons (Fsp3) is 0.929. The number of rotatable bonds is 5. The third-order valence-electron chi connectivity index (χ3n) is 4.69. The van der Waals surface area contributed by atoms with Crippen LogP contribution in [-0.4, -0.2) is 38.1 Å². The fourth-order valence-electron chi connectivity index (χ4n) is 2.25. The first-order valence-electron chi connectivity index (χ1n) is 7.10. The first-order valence-corrected chi connectivity index (χ1v) is 10.0. The number of carbonyl (C=O) groups is 1. The van der Waals surface area contributed by atoms with Crippen LogP contribution in [0, 0.1) is 11.8 Å². The normalized spacial score (nSPS) is 27.5. The standard InChI is InChI=1S/C14H29NO3Si/c1-9(8-16)12-11(13(17)15-12)10(2)18-19(6,7)14(3,4)5/h9-12,16H,8H2,1-7H3,(H,15,17)/t9?,10?,11-,12-/m1/s1. The summed E-state index contributed by atoms with van der Waals surface area (Å²) in [5.41, 5.74) is 0. The monoisotopic (exact) mass is 287 g/mol. The summed E-state index contributed by atoms with van der Waals surface area (Å²) < 4.78 is 6.30. The lowest BCUT2D eigenvalue weighted by Gasteiger charge is -2.47. The number of hydrogen-bond acceptors (Lipinski definition) is 3. The number of amides is 1. The molecule has 2 unspecified atom stereocenters. The molecule has 0 aromatic heterocycles. The lowest BCUT2D eigenvalue weighted by atomic mass is 9.79. The highest BCUT2D eigenvalue weighted by Crippen LogP contribution is 2.39. The summed E-state index contributed by atoms with van der Waals surface area (Å²) >= 11 is 0. The number of aliphatic hydroxyl groups excluding tert-OH is 1. The number of carbonyl (C=O) groups excluding carboxylic acids is 1. The summed E-state index contributed by atoms with van der Waals surface area (Å²) in [6.45, 7) is 15.0. The molecule has 0 spiro atoms. The molecule has 5 heteroatoms. The van der Waals surface area contributed by atoms with Crippen LogP contribution >= 0.6 is 0 Å². The molecule has 112 valence electrons. The topological polar surface area (TPSA) is 58.6 Å². The van der Waals surface area contributed by atoms with Crippen LogP contribution < -0.4 is 5.32 Å². The highest BCUT2D eigenvalue weighted by molar-refractivity contribution is 6.74. The molecule has 0 aromatic carbocycles. The first kappa shape index (κ1) is 16.7. The van der Waals surface area contributed by atoms with Crippen LogP contribution in [0.5, 0.6) is 0 Å². The Labute approximate surface area is 118 Å². The van der Waals surface area contributed by atoms with Crippen molar-refractivity contribution in [2.75, 3.05) is 6.61 Å². The van der Waals surface area contributed by atoms with Gasteiger partial charge in [0.05, 0.1) is 12.0 Å². The maximum atomic E-state index is 11.8. The third kappa shape index (κ3) is 3.38. The van der Waals surface area contributed by atoms with Crippen molar-refractivity contribution in [3.63, 3.8) is 0 Å². The van der Waals surface area contributed by atoms with E-state index in [9.17, 15) is 9.90 Å². The Morgan fingerprint density at radius 1 is 1.37 bits per heavy atom. The van der Waals surface area contributed by atoms with Gasteiger partial charge in [-0.1, -0.05) is 27.7 Å². The van der Waals surface area contributed by atoms with Crippen molar-refractivity contribution in [3.8, 4) is 0 Å². The summed E-state index contributed by atoms with van der Waals surface area (Å²) in [6, 6.07) is 0.0391. The van der Waals surface area contributed by atoms with E-state index in [0.717, 1.165) is 0 Å². The smallest absolute Gasteiger partial charge is 0.228 e. The molecular weight excluding hydrogens is 258 g/mol. The van der Waals surface area contributed by atoms with Gasteiger partial charge in [-0.05, 0) is 25.1 Å². The molecule has 1 aliphatic heterocycles. The number of aliphatic hydroxyl groups is 1. The van der Waals surface area contributed by atoms with E-state index in [4.69, 9.17) is 4.43 Å². The van der Waals surface area contributed by atoms with Gasteiger partial charge in [0.2, 0.25) is 5.91 Å². The van der Waals surface area contributed by atoms with Crippen molar-refractivity contribution >= 4 is 14.2 Å². The molecule has 0 bridgehead atoms. The Morgan fingerprint density at radius 3 is 2.26 bits per heavy atom. The van der Waals surface area contributed by atoms with Gasteiger partial charge in [-0.15, -0.1) is 0 Å². The minimum Gasteiger partial charge on any atom is -0.413 e. The molecule has 0 saturated carbocycles. The van der Waals surface area contributed by atoms with E-state index in [-0.39, 0.29) is 41.5 Å². The summed E-state index contributed by atoms with van der Waals surface area (Å²) in [6.07, 6.45) is -0.0892. The van der Waals surface area contributed by atoms with E-state index in [2.05, 4.69) is 39.2 Å². The lowest BCUT2D eigenvalue weighted by Crippen LogP contribution is -2.66. The minimum atomic E-state index is -1.86. The molecule has 19 heavy (non-hydrogen) atoms. The Morgan fingerprint density at radius 2 is 1.89 bits per heavy atom. The molecule has 0 aromatic rings. The molecule has 0 aliphatic carbocycles.